The standard InChI is InChI=1S/C18H20ClNO2/c1-11-8-15(18(22-3)16(19)9-11)17-14-5-4-13(21-2)10-12(14)6-7-20-17/h4-5,8-10,17,20H,6-7H2,1-3H3. The molecule has 1 N–H and O–H groups in total. The minimum absolute atomic E-state index is 0.0852. The molecule has 2 aromatic carbocycles. The van der Waals surface area contributed by atoms with Crippen molar-refractivity contribution in [1.82, 2.24) is 5.32 Å². The Bertz CT molecular complexity index is 700. The van der Waals surface area contributed by atoms with Gasteiger partial charge >= 0.3 is 0 Å². The zero-order valence-electron chi connectivity index (χ0n) is 13.1. The number of ether oxygens (including phenoxy) is 2. The van der Waals surface area contributed by atoms with Crippen LogP contribution in [-0.2, 0) is 6.42 Å². The number of nitrogens with one attached hydrogen (secondary N) is 1. The first kappa shape index (κ1) is 15.2. The Kier molecular flexibility index (Phi) is 4.27. The van der Waals surface area contributed by atoms with Crippen LogP contribution in [0.4, 0.5) is 0 Å². The van der Waals surface area contributed by atoms with E-state index in [1.807, 2.05) is 19.1 Å². The zero-order chi connectivity index (χ0) is 15.7. The number of hydrogen-bond acceptors (Lipinski definition) is 3. The molecule has 3 rings (SSSR count). The first-order valence-corrected chi connectivity index (χ1v) is 7.76. The fourth-order valence-corrected chi connectivity index (χ4v) is 3.49. The molecule has 0 amide bonds. The van der Waals surface area contributed by atoms with Gasteiger partial charge in [0.15, 0.2) is 0 Å². The molecule has 0 saturated heterocycles. The van der Waals surface area contributed by atoms with Crippen LogP contribution in [0.5, 0.6) is 11.5 Å². The highest BCUT2D eigenvalue weighted by atomic mass is 35.5. The van der Waals surface area contributed by atoms with Crippen molar-refractivity contribution < 1.29 is 9.47 Å². The van der Waals surface area contributed by atoms with E-state index in [4.69, 9.17) is 21.1 Å². The van der Waals surface area contributed by atoms with Gasteiger partial charge in [-0.1, -0.05) is 23.7 Å². The van der Waals surface area contributed by atoms with Gasteiger partial charge in [-0.05, 0) is 48.2 Å². The van der Waals surface area contributed by atoms with Gasteiger partial charge in [-0.3, -0.25) is 0 Å². The summed E-state index contributed by atoms with van der Waals surface area (Å²) in [6.07, 6.45) is 0.991. The number of hydrogen-bond donors (Lipinski definition) is 1. The summed E-state index contributed by atoms with van der Waals surface area (Å²) in [7, 11) is 3.36. The van der Waals surface area contributed by atoms with Crippen LogP contribution in [0.15, 0.2) is 30.3 Å². The normalized spacial score (nSPS) is 17.0. The predicted molar refractivity (Wildman–Crippen MR) is 89.3 cm³/mol. The van der Waals surface area contributed by atoms with E-state index in [9.17, 15) is 0 Å². The first-order chi connectivity index (χ1) is 10.6. The van der Waals surface area contributed by atoms with Crippen LogP contribution in [0.2, 0.25) is 5.02 Å². The van der Waals surface area contributed by atoms with Crippen LogP contribution in [0.1, 0.15) is 28.3 Å². The van der Waals surface area contributed by atoms with E-state index in [1.54, 1.807) is 14.2 Å². The lowest BCUT2D eigenvalue weighted by atomic mass is 9.88. The molecule has 0 bridgehead atoms. The second kappa shape index (κ2) is 6.19. The molecule has 3 nitrogen and oxygen atoms in total. The minimum Gasteiger partial charge on any atom is -0.497 e. The summed E-state index contributed by atoms with van der Waals surface area (Å²) >= 11 is 6.36. The summed E-state index contributed by atoms with van der Waals surface area (Å²) in [6.45, 7) is 2.96. The molecule has 1 aliphatic rings. The van der Waals surface area contributed by atoms with Gasteiger partial charge in [0.1, 0.15) is 11.5 Å². The predicted octanol–water partition coefficient (Wildman–Crippen LogP) is 3.90. The summed E-state index contributed by atoms with van der Waals surface area (Å²) in [4.78, 5) is 0. The van der Waals surface area contributed by atoms with Crippen molar-refractivity contribution in [2.75, 3.05) is 20.8 Å². The van der Waals surface area contributed by atoms with Crippen molar-refractivity contribution in [3.8, 4) is 11.5 Å². The lowest BCUT2D eigenvalue weighted by Gasteiger charge is -2.29. The number of fused-ring (bicyclic) bond motifs is 1. The maximum absolute atomic E-state index is 6.36. The Morgan fingerprint density at radius 3 is 2.64 bits per heavy atom. The number of halogens is 1. The van der Waals surface area contributed by atoms with Crippen molar-refractivity contribution in [2.24, 2.45) is 0 Å². The third-order valence-electron chi connectivity index (χ3n) is 4.14. The largest absolute Gasteiger partial charge is 0.497 e. The van der Waals surface area contributed by atoms with Crippen molar-refractivity contribution >= 4 is 11.6 Å². The van der Waals surface area contributed by atoms with Gasteiger partial charge in [0.25, 0.3) is 0 Å². The monoisotopic (exact) mass is 317 g/mol. The Morgan fingerprint density at radius 1 is 1.09 bits per heavy atom. The van der Waals surface area contributed by atoms with Crippen molar-refractivity contribution in [2.45, 2.75) is 19.4 Å². The topological polar surface area (TPSA) is 30.5 Å². The van der Waals surface area contributed by atoms with E-state index < -0.39 is 0 Å². The van der Waals surface area contributed by atoms with E-state index in [1.165, 1.54) is 11.1 Å². The van der Waals surface area contributed by atoms with Gasteiger partial charge in [0.05, 0.1) is 25.3 Å². The third kappa shape index (κ3) is 2.67. The molecule has 0 aliphatic carbocycles. The van der Waals surface area contributed by atoms with Crippen LogP contribution >= 0.6 is 11.6 Å². The summed E-state index contributed by atoms with van der Waals surface area (Å²) in [6, 6.07) is 10.4. The molecule has 1 aliphatic heterocycles. The number of aryl methyl sites for hydroxylation is 1. The van der Waals surface area contributed by atoms with Gasteiger partial charge in [-0.2, -0.15) is 0 Å². The molecular weight excluding hydrogens is 298 g/mol. The number of rotatable bonds is 3. The fraction of sp³-hybridized carbons (Fsp3) is 0.333. The van der Waals surface area contributed by atoms with Gasteiger partial charge in [-0.15, -0.1) is 0 Å². The molecule has 0 saturated carbocycles. The van der Waals surface area contributed by atoms with Crippen molar-refractivity contribution in [3.63, 3.8) is 0 Å². The minimum atomic E-state index is 0.0852. The lowest BCUT2D eigenvalue weighted by molar-refractivity contribution is 0.401. The molecule has 1 atom stereocenters. The Balaban J connectivity index is 2.12. The molecule has 0 fully saturated rings. The van der Waals surface area contributed by atoms with Crippen LogP contribution in [-0.4, -0.2) is 20.8 Å². The molecular formula is C18H20ClNO2. The van der Waals surface area contributed by atoms with E-state index >= 15 is 0 Å². The zero-order valence-corrected chi connectivity index (χ0v) is 13.8. The Hall–Kier alpha value is -1.71. The van der Waals surface area contributed by atoms with E-state index in [0.717, 1.165) is 35.6 Å². The number of benzene rings is 2. The molecule has 2 aromatic rings. The summed E-state index contributed by atoms with van der Waals surface area (Å²) < 4.78 is 10.9. The second-order valence-electron chi connectivity index (χ2n) is 5.57. The van der Waals surface area contributed by atoms with Crippen LogP contribution in [0, 0.1) is 6.92 Å². The summed E-state index contributed by atoms with van der Waals surface area (Å²) in [5, 5.41) is 4.23. The van der Waals surface area contributed by atoms with Gasteiger partial charge < -0.3 is 14.8 Å². The van der Waals surface area contributed by atoms with Gasteiger partial charge in [-0.25, -0.2) is 0 Å². The first-order valence-electron chi connectivity index (χ1n) is 7.38. The van der Waals surface area contributed by atoms with Crippen molar-refractivity contribution in [1.29, 1.82) is 0 Å². The second-order valence-corrected chi connectivity index (χ2v) is 5.98. The summed E-state index contributed by atoms with van der Waals surface area (Å²) in [5.74, 6) is 1.64. The lowest BCUT2D eigenvalue weighted by Crippen LogP contribution is -2.31. The van der Waals surface area contributed by atoms with Crippen LogP contribution < -0.4 is 14.8 Å². The smallest absolute Gasteiger partial charge is 0.142 e. The average molecular weight is 318 g/mol. The highest BCUT2D eigenvalue weighted by Crippen LogP contribution is 2.39. The van der Waals surface area contributed by atoms with Gasteiger partial charge in [0.2, 0.25) is 0 Å². The van der Waals surface area contributed by atoms with Crippen molar-refractivity contribution in [3.05, 3.63) is 57.6 Å². The molecule has 116 valence electrons. The highest BCUT2D eigenvalue weighted by molar-refractivity contribution is 6.32. The maximum Gasteiger partial charge on any atom is 0.142 e. The molecule has 0 spiro atoms. The molecule has 22 heavy (non-hydrogen) atoms. The maximum atomic E-state index is 6.36. The van der Waals surface area contributed by atoms with Gasteiger partial charge in [0, 0.05) is 12.1 Å². The molecule has 0 aromatic heterocycles. The summed E-state index contributed by atoms with van der Waals surface area (Å²) in [5.41, 5.74) is 4.77. The third-order valence-corrected chi connectivity index (χ3v) is 4.42. The Morgan fingerprint density at radius 2 is 1.91 bits per heavy atom. The number of methoxy groups -OCH3 is 2. The average Bonchev–Trinajstić information content (AvgIpc) is 2.53. The molecule has 4 heteroatoms. The fourth-order valence-electron chi connectivity index (χ4n) is 3.13. The SMILES string of the molecule is COc1ccc2c(c1)CCNC2c1cc(C)cc(Cl)c1OC. The Labute approximate surface area is 136 Å². The molecule has 0 radical (unpaired) electrons. The quantitative estimate of drug-likeness (QED) is 0.931. The van der Waals surface area contributed by atoms with E-state index in [0.29, 0.717) is 5.02 Å². The van der Waals surface area contributed by atoms with Crippen LogP contribution in [0.25, 0.3) is 0 Å². The molecule has 1 unspecified atom stereocenters. The van der Waals surface area contributed by atoms with E-state index in [-0.39, 0.29) is 6.04 Å². The highest BCUT2D eigenvalue weighted by Gasteiger charge is 2.25. The van der Waals surface area contributed by atoms with E-state index in [2.05, 4.69) is 23.5 Å². The molecule has 1 heterocycles. The van der Waals surface area contributed by atoms with Crippen LogP contribution in [0.3, 0.4) is 0 Å².